The average molecular weight is 572 g/mol. The van der Waals surface area contributed by atoms with E-state index in [-0.39, 0.29) is 17.4 Å². The van der Waals surface area contributed by atoms with Gasteiger partial charge in [-0.2, -0.15) is 5.26 Å². The average Bonchev–Trinajstić information content (AvgIpc) is 3.26. The van der Waals surface area contributed by atoms with Gasteiger partial charge in [-0.05, 0) is 60.7 Å². The number of imide groups is 1. The third-order valence-corrected chi connectivity index (χ3v) is 8.66. The fraction of sp³-hybridized carbons (Fsp3) is 0.257. The zero-order valence-corrected chi connectivity index (χ0v) is 23.7. The minimum atomic E-state index is -1.05. The van der Waals surface area contributed by atoms with E-state index in [9.17, 15) is 19.6 Å². The minimum absolute atomic E-state index is 0.166. The van der Waals surface area contributed by atoms with Gasteiger partial charge in [-0.3, -0.25) is 19.3 Å². The van der Waals surface area contributed by atoms with Crippen molar-refractivity contribution in [3.05, 3.63) is 134 Å². The second-order valence-electron chi connectivity index (χ2n) is 11.4. The molecule has 0 spiro atoms. The molecule has 0 unspecified atom stereocenters. The molecule has 0 radical (unpaired) electrons. The molecule has 4 heterocycles. The van der Waals surface area contributed by atoms with Crippen LogP contribution in [0.5, 0.6) is 5.75 Å². The van der Waals surface area contributed by atoms with Crippen molar-refractivity contribution in [3.63, 3.8) is 0 Å². The van der Waals surface area contributed by atoms with Crippen molar-refractivity contribution >= 4 is 11.8 Å². The molecule has 0 fully saturated rings. The number of hydrogen-bond acceptors (Lipinski definition) is 6. The van der Waals surface area contributed by atoms with Gasteiger partial charge in [0.2, 0.25) is 5.79 Å². The number of aromatic nitrogens is 1. The van der Waals surface area contributed by atoms with Crippen LogP contribution in [0.1, 0.15) is 79.6 Å². The number of pyridine rings is 1. The van der Waals surface area contributed by atoms with Gasteiger partial charge in [-0.1, -0.05) is 48.5 Å². The Labute approximate surface area is 248 Å². The molecule has 8 nitrogen and oxygen atoms in total. The van der Waals surface area contributed by atoms with Gasteiger partial charge in [-0.15, -0.1) is 0 Å². The molecule has 214 valence electrons. The lowest BCUT2D eigenvalue weighted by Gasteiger charge is -2.46. The topological polar surface area (TPSA) is 102 Å². The molecule has 0 saturated carbocycles. The van der Waals surface area contributed by atoms with Gasteiger partial charge in [0, 0.05) is 31.1 Å². The zero-order valence-electron chi connectivity index (χ0n) is 23.7. The van der Waals surface area contributed by atoms with Gasteiger partial charge in [0.05, 0.1) is 34.9 Å². The summed E-state index contributed by atoms with van der Waals surface area (Å²) in [5.74, 6) is -1.07. The number of unbranched alkanes of at least 4 members (excludes halogenated alkanes) is 1. The van der Waals surface area contributed by atoms with E-state index < -0.39 is 11.9 Å². The molecule has 2 bridgehead atoms. The molecule has 4 aromatic rings. The summed E-state index contributed by atoms with van der Waals surface area (Å²) < 4.78 is 15.0. The number of amides is 2. The van der Waals surface area contributed by atoms with Crippen LogP contribution in [0.2, 0.25) is 0 Å². The second-order valence-corrected chi connectivity index (χ2v) is 11.4. The molecule has 3 aliphatic rings. The molecule has 0 N–H and O–H groups in total. The summed E-state index contributed by atoms with van der Waals surface area (Å²) >= 11 is 0. The van der Waals surface area contributed by atoms with E-state index in [4.69, 9.17) is 9.47 Å². The largest absolute Gasteiger partial charge is 0.461 e. The van der Waals surface area contributed by atoms with Crippen LogP contribution in [0, 0.1) is 18.3 Å². The number of aryl methyl sites for hydroxylation is 1. The van der Waals surface area contributed by atoms with E-state index in [0.717, 1.165) is 22.4 Å². The molecule has 0 saturated heterocycles. The highest BCUT2D eigenvalue weighted by Crippen LogP contribution is 2.49. The molecular weight excluding hydrogens is 542 g/mol. The molecule has 43 heavy (non-hydrogen) atoms. The Morgan fingerprint density at radius 3 is 2.37 bits per heavy atom. The molecule has 8 heteroatoms. The minimum Gasteiger partial charge on any atom is -0.461 e. The van der Waals surface area contributed by atoms with E-state index in [0.29, 0.717) is 66.8 Å². The summed E-state index contributed by atoms with van der Waals surface area (Å²) in [5, 5.41) is 9.57. The SMILES string of the molecule is Cc1cc2c(c(=O)n1Cc1ccccc1)[C@H]1O[C@](CCCCN3C(=O)c4ccccc4C3=O)(Cc3cc(C#N)ccc31)O2. The monoisotopic (exact) mass is 571 g/mol. The maximum Gasteiger partial charge on any atom is 0.261 e. The number of ether oxygens (including phenoxy) is 2. The summed E-state index contributed by atoms with van der Waals surface area (Å²) in [6, 6.07) is 26.3. The molecule has 7 rings (SSSR count). The highest BCUT2D eigenvalue weighted by molar-refractivity contribution is 6.21. The molecule has 1 aromatic heterocycles. The number of hydrogen-bond donors (Lipinski definition) is 0. The van der Waals surface area contributed by atoms with Crippen LogP contribution in [-0.4, -0.2) is 33.6 Å². The molecular formula is C35H29N3O5. The fourth-order valence-corrected chi connectivity index (χ4v) is 6.52. The summed E-state index contributed by atoms with van der Waals surface area (Å²) in [6.07, 6.45) is 1.43. The van der Waals surface area contributed by atoms with Gasteiger partial charge in [-0.25, -0.2) is 0 Å². The summed E-state index contributed by atoms with van der Waals surface area (Å²) in [5.41, 5.74) is 5.27. The Hall–Kier alpha value is -5.00. The fourth-order valence-electron chi connectivity index (χ4n) is 6.52. The van der Waals surface area contributed by atoms with Crippen LogP contribution in [0.4, 0.5) is 0 Å². The first-order chi connectivity index (χ1) is 20.9. The van der Waals surface area contributed by atoms with Gasteiger partial charge in [0.25, 0.3) is 17.4 Å². The quantitative estimate of drug-likeness (QED) is 0.221. The molecule has 2 atom stereocenters. The van der Waals surface area contributed by atoms with Crippen molar-refractivity contribution in [3.8, 4) is 11.8 Å². The standard InChI is InChI=1S/C35H29N3O5/c1-22-17-29-30(34(41)38(22)21-23-9-3-2-4-10-23)31-26-14-13-24(20-36)18-25(26)19-35(42-29,43-31)15-7-8-16-37-32(39)27-11-5-6-12-28(27)33(37)40/h2-6,9-14,17-18,31H,7-8,15-16,19,21H2,1H3/t31-,35+/m0/s1. The van der Waals surface area contributed by atoms with Gasteiger partial charge < -0.3 is 14.0 Å². The van der Waals surface area contributed by atoms with E-state index in [2.05, 4.69) is 6.07 Å². The maximum atomic E-state index is 14.0. The number of benzene rings is 3. The Morgan fingerprint density at radius 2 is 1.65 bits per heavy atom. The van der Waals surface area contributed by atoms with Crippen molar-refractivity contribution in [1.29, 1.82) is 5.26 Å². The summed E-state index contributed by atoms with van der Waals surface area (Å²) in [4.78, 5) is 40.9. The third-order valence-electron chi connectivity index (χ3n) is 8.66. The van der Waals surface area contributed by atoms with Crippen molar-refractivity contribution in [2.75, 3.05) is 6.54 Å². The Morgan fingerprint density at radius 1 is 0.930 bits per heavy atom. The van der Waals surface area contributed by atoms with Crippen LogP contribution in [0.15, 0.2) is 83.7 Å². The number of nitrogens with zero attached hydrogens (tertiary/aromatic N) is 3. The van der Waals surface area contributed by atoms with Crippen LogP contribution in [0.25, 0.3) is 0 Å². The van der Waals surface area contributed by atoms with Crippen molar-refractivity contribution in [2.24, 2.45) is 0 Å². The Balaban J connectivity index is 1.18. The first kappa shape index (κ1) is 26.9. The number of carbonyl (C=O) groups is 2. The van der Waals surface area contributed by atoms with Crippen molar-refractivity contribution in [2.45, 2.75) is 51.0 Å². The van der Waals surface area contributed by atoms with E-state index in [1.807, 2.05) is 55.5 Å². The molecule has 3 aliphatic heterocycles. The van der Waals surface area contributed by atoms with Crippen molar-refractivity contribution < 1.29 is 19.1 Å². The van der Waals surface area contributed by atoms with Gasteiger partial charge in [0.1, 0.15) is 11.9 Å². The molecule has 0 aliphatic carbocycles. The van der Waals surface area contributed by atoms with Gasteiger partial charge >= 0.3 is 0 Å². The third kappa shape index (κ3) is 4.53. The Bertz CT molecular complexity index is 1860. The normalized spacial score (nSPS) is 19.7. The predicted octanol–water partition coefficient (Wildman–Crippen LogP) is 5.29. The zero-order chi connectivity index (χ0) is 29.7. The lowest BCUT2D eigenvalue weighted by molar-refractivity contribution is -0.233. The first-order valence-electron chi connectivity index (χ1n) is 14.5. The maximum absolute atomic E-state index is 14.0. The highest BCUT2D eigenvalue weighted by atomic mass is 16.7. The van der Waals surface area contributed by atoms with E-state index in [1.54, 1.807) is 34.9 Å². The second kappa shape index (κ2) is 10.4. The molecule has 2 amide bonds. The lowest BCUT2D eigenvalue weighted by atomic mass is 9.84. The van der Waals surface area contributed by atoms with E-state index in [1.165, 1.54) is 4.90 Å². The number of nitriles is 1. The molecule has 3 aromatic carbocycles. The number of carbonyl (C=O) groups excluding carboxylic acids is 2. The first-order valence-corrected chi connectivity index (χ1v) is 14.5. The number of rotatable bonds is 7. The van der Waals surface area contributed by atoms with Crippen LogP contribution < -0.4 is 10.3 Å². The highest BCUT2D eigenvalue weighted by Gasteiger charge is 2.48. The Kier molecular flexibility index (Phi) is 6.48. The summed E-state index contributed by atoms with van der Waals surface area (Å²) in [7, 11) is 0. The van der Waals surface area contributed by atoms with Crippen LogP contribution in [-0.2, 0) is 17.7 Å². The number of fused-ring (bicyclic) bond motifs is 7. The van der Waals surface area contributed by atoms with Crippen molar-refractivity contribution in [1.82, 2.24) is 9.47 Å². The van der Waals surface area contributed by atoms with Gasteiger partial charge in [0.15, 0.2) is 0 Å². The van der Waals surface area contributed by atoms with Crippen LogP contribution >= 0.6 is 0 Å². The summed E-state index contributed by atoms with van der Waals surface area (Å²) in [6.45, 7) is 2.62. The smallest absolute Gasteiger partial charge is 0.261 e. The van der Waals surface area contributed by atoms with Crippen LogP contribution in [0.3, 0.4) is 0 Å². The lowest BCUT2D eigenvalue weighted by Crippen LogP contribution is -2.51. The van der Waals surface area contributed by atoms with E-state index >= 15 is 0 Å². The predicted molar refractivity (Wildman–Crippen MR) is 158 cm³/mol.